The molecule has 0 rings (SSSR count). The molecule has 0 amide bonds. The van der Waals surface area contributed by atoms with Gasteiger partial charge in [-0.15, -0.1) is 26.3 Å². The number of unbranched alkanes of at least 4 members (excludes halogenated alkanes) is 12. The van der Waals surface area contributed by atoms with E-state index in [0.29, 0.717) is 6.61 Å². The molecular formula is C22H44O. The first-order valence-corrected chi connectivity index (χ1v) is 9.67. The SMILES string of the molecule is C=C.C=C.CCCCCCCCC=CCCCCCCCCO. The van der Waals surface area contributed by atoms with Crippen LogP contribution in [-0.4, -0.2) is 11.7 Å². The van der Waals surface area contributed by atoms with Crippen LogP contribution in [0, 0.1) is 0 Å². The minimum atomic E-state index is 0.362. The van der Waals surface area contributed by atoms with Crippen molar-refractivity contribution in [2.45, 2.75) is 96.8 Å². The second kappa shape index (κ2) is 32.9. The second-order valence-corrected chi connectivity index (χ2v) is 5.66. The van der Waals surface area contributed by atoms with Crippen LogP contribution in [0.15, 0.2) is 38.5 Å². The Labute approximate surface area is 147 Å². The van der Waals surface area contributed by atoms with Gasteiger partial charge in [0, 0.05) is 6.61 Å². The first-order chi connectivity index (χ1) is 11.4. The van der Waals surface area contributed by atoms with Gasteiger partial charge in [-0.1, -0.05) is 76.9 Å². The summed E-state index contributed by atoms with van der Waals surface area (Å²) in [6.45, 7) is 14.6. The minimum Gasteiger partial charge on any atom is -0.396 e. The van der Waals surface area contributed by atoms with Crippen molar-refractivity contribution < 1.29 is 5.11 Å². The average molecular weight is 325 g/mol. The van der Waals surface area contributed by atoms with Gasteiger partial charge in [-0.05, 0) is 32.1 Å². The van der Waals surface area contributed by atoms with Crippen molar-refractivity contribution in [3.63, 3.8) is 0 Å². The highest BCUT2D eigenvalue weighted by Crippen LogP contribution is 2.09. The van der Waals surface area contributed by atoms with Crippen LogP contribution in [0.3, 0.4) is 0 Å². The molecule has 0 aromatic heterocycles. The molecule has 0 heterocycles. The van der Waals surface area contributed by atoms with Crippen molar-refractivity contribution in [1.82, 2.24) is 0 Å². The lowest BCUT2D eigenvalue weighted by atomic mass is 10.1. The summed E-state index contributed by atoms with van der Waals surface area (Å²) in [5, 5.41) is 8.66. The minimum absolute atomic E-state index is 0.362. The highest BCUT2D eigenvalue weighted by atomic mass is 16.2. The Balaban J connectivity index is -0.000000919. The second-order valence-electron chi connectivity index (χ2n) is 5.66. The maximum atomic E-state index is 8.66. The van der Waals surface area contributed by atoms with Crippen LogP contribution in [-0.2, 0) is 0 Å². The van der Waals surface area contributed by atoms with Gasteiger partial charge in [0.15, 0.2) is 0 Å². The molecule has 0 unspecified atom stereocenters. The molecule has 0 fully saturated rings. The molecular weight excluding hydrogens is 280 g/mol. The molecule has 0 aliphatic rings. The third-order valence-corrected chi connectivity index (χ3v) is 3.67. The summed E-state index contributed by atoms with van der Waals surface area (Å²) in [4.78, 5) is 0. The largest absolute Gasteiger partial charge is 0.396 e. The Hall–Kier alpha value is -0.820. The average Bonchev–Trinajstić information content (AvgIpc) is 2.62. The van der Waals surface area contributed by atoms with Crippen LogP contribution >= 0.6 is 0 Å². The number of hydrogen-bond donors (Lipinski definition) is 1. The van der Waals surface area contributed by atoms with E-state index in [1.54, 1.807) is 0 Å². The molecule has 0 aliphatic carbocycles. The molecule has 0 saturated heterocycles. The van der Waals surface area contributed by atoms with Crippen LogP contribution in [0.4, 0.5) is 0 Å². The van der Waals surface area contributed by atoms with Crippen molar-refractivity contribution in [3.8, 4) is 0 Å². The molecule has 1 heteroatoms. The first kappa shape index (κ1) is 27.0. The van der Waals surface area contributed by atoms with Gasteiger partial charge in [0.25, 0.3) is 0 Å². The first-order valence-electron chi connectivity index (χ1n) is 9.67. The molecule has 0 bridgehead atoms. The molecule has 0 radical (unpaired) electrons. The fourth-order valence-electron chi connectivity index (χ4n) is 2.36. The van der Waals surface area contributed by atoms with Gasteiger partial charge in [-0.2, -0.15) is 0 Å². The van der Waals surface area contributed by atoms with Gasteiger partial charge in [0.05, 0.1) is 0 Å². The lowest BCUT2D eigenvalue weighted by molar-refractivity contribution is 0.282. The highest BCUT2D eigenvalue weighted by molar-refractivity contribution is 4.81. The van der Waals surface area contributed by atoms with E-state index in [-0.39, 0.29) is 0 Å². The fourth-order valence-corrected chi connectivity index (χ4v) is 2.36. The standard InChI is InChI=1S/C18H36O.2C2H4/c1-2-3-4-5-6-7-8-9-10-11-12-13-14-15-16-17-18-19;2*1-2/h9-10,19H,2-8,11-18H2,1H3;2*1-2H2. The van der Waals surface area contributed by atoms with Crippen LogP contribution < -0.4 is 0 Å². The van der Waals surface area contributed by atoms with Gasteiger partial charge in [0.1, 0.15) is 0 Å². The summed E-state index contributed by atoms with van der Waals surface area (Å²) in [7, 11) is 0. The quantitative estimate of drug-likeness (QED) is 0.242. The topological polar surface area (TPSA) is 20.2 Å². The predicted octanol–water partition coefficient (Wildman–Crippen LogP) is 7.62. The Bertz CT molecular complexity index is 196. The van der Waals surface area contributed by atoms with Gasteiger partial charge in [-0.25, -0.2) is 0 Å². The van der Waals surface area contributed by atoms with E-state index in [1.807, 2.05) is 0 Å². The van der Waals surface area contributed by atoms with Crippen LogP contribution in [0.25, 0.3) is 0 Å². The number of aliphatic hydroxyl groups excluding tert-OH is 1. The number of hydrogen-bond acceptors (Lipinski definition) is 1. The highest BCUT2D eigenvalue weighted by Gasteiger charge is 1.90. The van der Waals surface area contributed by atoms with Crippen LogP contribution in [0.1, 0.15) is 96.8 Å². The molecule has 1 nitrogen and oxygen atoms in total. The molecule has 0 aliphatic heterocycles. The van der Waals surface area contributed by atoms with Gasteiger partial charge in [0.2, 0.25) is 0 Å². The molecule has 0 aromatic carbocycles. The molecule has 0 saturated carbocycles. The van der Waals surface area contributed by atoms with E-state index < -0.39 is 0 Å². The van der Waals surface area contributed by atoms with Crippen molar-refractivity contribution in [2.75, 3.05) is 6.61 Å². The molecule has 0 aromatic rings. The van der Waals surface area contributed by atoms with Crippen molar-refractivity contribution >= 4 is 0 Å². The monoisotopic (exact) mass is 324 g/mol. The predicted molar refractivity (Wildman–Crippen MR) is 109 cm³/mol. The summed E-state index contributed by atoms with van der Waals surface area (Å²) in [5.74, 6) is 0. The number of rotatable bonds is 15. The summed E-state index contributed by atoms with van der Waals surface area (Å²) in [5.41, 5.74) is 0. The normalized spacial score (nSPS) is 9.83. The van der Waals surface area contributed by atoms with Crippen LogP contribution in [0.2, 0.25) is 0 Å². The summed E-state index contributed by atoms with van der Waals surface area (Å²) >= 11 is 0. The zero-order valence-electron chi connectivity index (χ0n) is 16.0. The van der Waals surface area contributed by atoms with E-state index in [2.05, 4.69) is 45.4 Å². The van der Waals surface area contributed by atoms with E-state index in [9.17, 15) is 0 Å². The summed E-state index contributed by atoms with van der Waals surface area (Å²) in [6.07, 6.45) is 23.2. The molecule has 0 atom stereocenters. The van der Waals surface area contributed by atoms with Gasteiger partial charge < -0.3 is 5.11 Å². The zero-order valence-corrected chi connectivity index (χ0v) is 16.0. The molecule has 1 N–H and O–H groups in total. The molecule has 138 valence electrons. The van der Waals surface area contributed by atoms with Crippen LogP contribution in [0.5, 0.6) is 0 Å². The Kier molecular flexibility index (Phi) is 38.7. The van der Waals surface area contributed by atoms with E-state index in [4.69, 9.17) is 5.11 Å². The maximum absolute atomic E-state index is 8.66. The zero-order chi connectivity index (χ0) is 18.0. The van der Waals surface area contributed by atoms with E-state index >= 15 is 0 Å². The number of allylic oxidation sites excluding steroid dienone is 2. The molecule has 0 spiro atoms. The van der Waals surface area contributed by atoms with E-state index in [0.717, 1.165) is 6.42 Å². The lowest BCUT2D eigenvalue weighted by Gasteiger charge is -1.99. The third-order valence-electron chi connectivity index (χ3n) is 3.67. The van der Waals surface area contributed by atoms with Crippen molar-refractivity contribution in [3.05, 3.63) is 38.5 Å². The lowest BCUT2D eigenvalue weighted by Crippen LogP contribution is -1.83. The third kappa shape index (κ3) is 33.8. The summed E-state index contributed by atoms with van der Waals surface area (Å²) < 4.78 is 0. The maximum Gasteiger partial charge on any atom is 0.0431 e. The Morgan fingerprint density at radius 3 is 1.30 bits per heavy atom. The smallest absolute Gasteiger partial charge is 0.0431 e. The van der Waals surface area contributed by atoms with Gasteiger partial charge >= 0.3 is 0 Å². The summed E-state index contributed by atoms with van der Waals surface area (Å²) in [6, 6.07) is 0. The fraction of sp³-hybridized carbons (Fsp3) is 0.727. The Morgan fingerprint density at radius 2 is 0.913 bits per heavy atom. The van der Waals surface area contributed by atoms with Crippen molar-refractivity contribution in [2.24, 2.45) is 0 Å². The molecule has 23 heavy (non-hydrogen) atoms. The van der Waals surface area contributed by atoms with E-state index in [1.165, 1.54) is 83.5 Å². The Morgan fingerprint density at radius 1 is 0.565 bits per heavy atom. The van der Waals surface area contributed by atoms with Gasteiger partial charge in [-0.3, -0.25) is 0 Å². The number of aliphatic hydroxyl groups is 1. The van der Waals surface area contributed by atoms with Crippen molar-refractivity contribution in [1.29, 1.82) is 0 Å².